The lowest BCUT2D eigenvalue weighted by molar-refractivity contribution is -0.144. The van der Waals surface area contributed by atoms with Crippen molar-refractivity contribution in [1.82, 2.24) is 5.48 Å². The number of carboxylic acid groups (broad SMARTS) is 1. The van der Waals surface area contributed by atoms with E-state index in [-0.39, 0.29) is 11.8 Å². The highest BCUT2D eigenvalue weighted by Crippen LogP contribution is 2.48. The maximum absolute atomic E-state index is 10.4. The Morgan fingerprint density at radius 1 is 1.43 bits per heavy atom. The fourth-order valence-corrected chi connectivity index (χ4v) is 3.29. The van der Waals surface area contributed by atoms with Crippen LogP contribution in [0.4, 0.5) is 0 Å². The maximum Gasteiger partial charge on any atom is 0.332 e. The molecule has 0 radical (unpaired) electrons. The Hall–Kier alpha value is -1.37. The fraction of sp³-hybridized carbons (Fsp3) is 0.706. The maximum atomic E-state index is 10.4. The van der Waals surface area contributed by atoms with E-state index >= 15 is 0 Å². The number of unbranched alkanes of at least 4 members (excludes halogenated alkanes) is 2. The third-order valence-electron chi connectivity index (χ3n) is 4.64. The van der Waals surface area contributed by atoms with Crippen molar-refractivity contribution >= 4 is 5.97 Å². The Kier molecular flexibility index (Phi) is 6.62. The molecule has 0 amide bonds. The number of nitrogens with one attached hydrogen (secondary N) is 1. The van der Waals surface area contributed by atoms with Crippen molar-refractivity contribution in [3.63, 3.8) is 0 Å². The molecule has 130 valence electrons. The van der Waals surface area contributed by atoms with Crippen LogP contribution in [0.25, 0.3) is 0 Å². The fourth-order valence-electron chi connectivity index (χ4n) is 3.29. The van der Waals surface area contributed by atoms with E-state index in [9.17, 15) is 15.0 Å². The number of allylic oxidation sites excluding steroid dienone is 1. The van der Waals surface area contributed by atoms with E-state index in [0.717, 1.165) is 43.4 Å². The van der Waals surface area contributed by atoms with Gasteiger partial charge < -0.3 is 15.3 Å². The van der Waals surface area contributed by atoms with Crippen molar-refractivity contribution in [3.8, 4) is 0 Å². The summed E-state index contributed by atoms with van der Waals surface area (Å²) in [4.78, 5) is 15.3. The van der Waals surface area contributed by atoms with Crippen LogP contribution in [0.15, 0.2) is 23.4 Å². The molecule has 2 aliphatic carbocycles. The van der Waals surface area contributed by atoms with E-state index in [1.807, 2.05) is 6.08 Å². The molecule has 2 aliphatic rings. The highest BCUT2D eigenvalue weighted by atomic mass is 16.7. The molecule has 2 rings (SSSR count). The number of carboxylic acids is 1. The molecule has 6 nitrogen and oxygen atoms in total. The number of aliphatic carboxylic acids is 1. The number of aliphatic hydroxyl groups is 2. The number of hydrogen-bond donors (Lipinski definition) is 4. The minimum atomic E-state index is -1.02. The molecule has 3 unspecified atom stereocenters. The van der Waals surface area contributed by atoms with Gasteiger partial charge in [0.1, 0.15) is 0 Å². The molecular formula is C17H27NO5. The Morgan fingerprint density at radius 3 is 2.91 bits per heavy atom. The first kappa shape index (κ1) is 18.0. The summed E-state index contributed by atoms with van der Waals surface area (Å²) in [7, 11) is 0. The molecule has 0 aromatic carbocycles. The number of rotatable bonds is 10. The number of aliphatic hydroxyl groups excluding tert-OH is 2. The van der Waals surface area contributed by atoms with Crippen molar-refractivity contribution in [2.45, 2.75) is 57.7 Å². The van der Waals surface area contributed by atoms with Crippen LogP contribution in [-0.4, -0.2) is 40.1 Å². The molecule has 4 N–H and O–H groups in total. The van der Waals surface area contributed by atoms with Gasteiger partial charge in [-0.2, -0.15) is 0 Å². The second-order valence-electron chi connectivity index (χ2n) is 6.41. The summed E-state index contributed by atoms with van der Waals surface area (Å²) in [6, 6.07) is 0. The van der Waals surface area contributed by atoms with Crippen LogP contribution < -0.4 is 5.48 Å². The predicted molar refractivity (Wildman–Crippen MR) is 85.3 cm³/mol. The zero-order valence-electron chi connectivity index (χ0n) is 13.6. The van der Waals surface area contributed by atoms with E-state index in [4.69, 9.17) is 9.94 Å². The minimum absolute atomic E-state index is 0.00889. The summed E-state index contributed by atoms with van der Waals surface area (Å²) in [6.07, 6.45) is 8.26. The first-order chi connectivity index (χ1) is 11.0. The van der Waals surface area contributed by atoms with Crippen LogP contribution >= 0.6 is 0 Å². The Balaban J connectivity index is 1.80. The van der Waals surface area contributed by atoms with Gasteiger partial charge in [-0.25, -0.2) is 4.79 Å². The lowest BCUT2D eigenvalue weighted by Gasteiger charge is -2.30. The van der Waals surface area contributed by atoms with Gasteiger partial charge in [0.2, 0.25) is 0 Å². The monoisotopic (exact) mass is 325 g/mol. The average molecular weight is 325 g/mol. The van der Waals surface area contributed by atoms with E-state index < -0.39 is 24.8 Å². The summed E-state index contributed by atoms with van der Waals surface area (Å²) in [6.45, 7) is 1.74. The molecule has 0 aliphatic heterocycles. The van der Waals surface area contributed by atoms with E-state index in [2.05, 4.69) is 12.4 Å². The van der Waals surface area contributed by atoms with Crippen molar-refractivity contribution in [3.05, 3.63) is 23.4 Å². The van der Waals surface area contributed by atoms with Gasteiger partial charge in [-0.1, -0.05) is 38.3 Å². The van der Waals surface area contributed by atoms with Crippen LogP contribution in [-0.2, 0) is 9.63 Å². The van der Waals surface area contributed by atoms with E-state index in [1.54, 1.807) is 6.08 Å². The van der Waals surface area contributed by atoms with Gasteiger partial charge >= 0.3 is 5.97 Å². The molecule has 0 aromatic heterocycles. The summed E-state index contributed by atoms with van der Waals surface area (Å²) in [5, 5.41) is 28.8. The molecule has 1 fully saturated rings. The molecule has 1 saturated carbocycles. The zero-order valence-corrected chi connectivity index (χ0v) is 13.6. The molecule has 0 heterocycles. The van der Waals surface area contributed by atoms with Crippen LogP contribution in [0.5, 0.6) is 0 Å². The summed E-state index contributed by atoms with van der Waals surface area (Å²) < 4.78 is 0. The number of fused-ring (bicyclic) bond motifs is 1. The zero-order chi connectivity index (χ0) is 16.8. The van der Waals surface area contributed by atoms with E-state index in [0.29, 0.717) is 6.42 Å². The quantitative estimate of drug-likeness (QED) is 0.277. The van der Waals surface area contributed by atoms with Gasteiger partial charge in [-0.05, 0) is 24.8 Å². The normalized spacial score (nSPS) is 27.9. The van der Waals surface area contributed by atoms with Crippen LogP contribution in [0.2, 0.25) is 0 Å². The summed E-state index contributed by atoms with van der Waals surface area (Å²) in [5.41, 5.74) is 4.67. The van der Waals surface area contributed by atoms with Gasteiger partial charge in [-0.15, -0.1) is 0 Å². The second kappa shape index (κ2) is 8.47. The highest BCUT2D eigenvalue weighted by Gasteiger charge is 2.45. The molecule has 4 atom stereocenters. The van der Waals surface area contributed by atoms with Crippen molar-refractivity contribution in [2.75, 3.05) is 6.61 Å². The van der Waals surface area contributed by atoms with Crippen molar-refractivity contribution in [2.24, 2.45) is 11.8 Å². The molecule has 6 heteroatoms. The first-order valence-corrected chi connectivity index (χ1v) is 8.38. The molecular weight excluding hydrogens is 298 g/mol. The second-order valence-corrected chi connectivity index (χ2v) is 6.41. The Labute approximate surface area is 136 Å². The predicted octanol–water partition coefficient (Wildman–Crippen LogP) is 1.74. The molecule has 0 bridgehead atoms. The van der Waals surface area contributed by atoms with Crippen LogP contribution in [0.3, 0.4) is 0 Å². The lowest BCUT2D eigenvalue weighted by Crippen LogP contribution is -2.32. The van der Waals surface area contributed by atoms with Gasteiger partial charge in [-0.3, -0.25) is 10.3 Å². The summed E-state index contributed by atoms with van der Waals surface area (Å²) >= 11 is 0. The molecule has 23 heavy (non-hydrogen) atoms. The average Bonchev–Trinajstić information content (AvgIpc) is 2.73. The van der Waals surface area contributed by atoms with Crippen molar-refractivity contribution in [1.29, 1.82) is 0 Å². The standard InChI is InChI=1S/C17H27NO5/c1-2-3-4-5-12(19)7-6-11-8-13-14(17(11)22)9-15(13)18-23-10-16(20)21/h6-7,11-12,14,17-19,22H,2-5,8-10H2,1H3,(H,20,21)/t11?,12?,14-,17?/m1/s1. The number of hydrogen-bond acceptors (Lipinski definition) is 5. The summed E-state index contributed by atoms with van der Waals surface area (Å²) in [5.74, 6) is -0.893. The Morgan fingerprint density at radius 2 is 2.22 bits per heavy atom. The smallest absolute Gasteiger partial charge is 0.332 e. The molecule has 0 spiro atoms. The highest BCUT2D eigenvalue weighted by molar-refractivity contribution is 5.67. The lowest BCUT2D eigenvalue weighted by atomic mass is 9.83. The minimum Gasteiger partial charge on any atom is -0.479 e. The van der Waals surface area contributed by atoms with Crippen molar-refractivity contribution < 1.29 is 25.0 Å². The largest absolute Gasteiger partial charge is 0.479 e. The van der Waals surface area contributed by atoms with Gasteiger partial charge in [0.15, 0.2) is 6.61 Å². The van der Waals surface area contributed by atoms with Gasteiger partial charge in [0.05, 0.1) is 12.2 Å². The van der Waals surface area contributed by atoms with E-state index in [1.165, 1.54) is 0 Å². The first-order valence-electron chi connectivity index (χ1n) is 8.38. The topological polar surface area (TPSA) is 99.0 Å². The third kappa shape index (κ3) is 4.80. The number of hydroxylamine groups is 1. The SMILES string of the molecule is CCCCCC(O)C=CC1CC2=C(NOCC(=O)O)C[C@H]2C1O. The Bertz CT molecular complexity index is 474. The van der Waals surface area contributed by atoms with Gasteiger partial charge in [0, 0.05) is 17.5 Å². The van der Waals surface area contributed by atoms with Gasteiger partial charge in [0.25, 0.3) is 0 Å². The number of carbonyl (C=O) groups is 1. The third-order valence-corrected chi connectivity index (χ3v) is 4.64. The molecule has 0 aromatic rings. The van der Waals surface area contributed by atoms with Crippen LogP contribution in [0.1, 0.15) is 45.4 Å². The van der Waals surface area contributed by atoms with Crippen LogP contribution in [0, 0.1) is 11.8 Å². The molecule has 0 saturated heterocycles.